The number of alkyl halides is 3. The Morgan fingerprint density at radius 1 is 1.48 bits per heavy atom. The van der Waals surface area contributed by atoms with Gasteiger partial charge in [0.1, 0.15) is 0 Å². The van der Waals surface area contributed by atoms with Crippen molar-refractivity contribution in [3.8, 4) is 6.07 Å². The molecule has 0 spiro atoms. The molecule has 0 saturated carbocycles. The molecule has 1 aromatic rings. The highest BCUT2D eigenvalue weighted by Gasteiger charge is 2.33. The van der Waals surface area contributed by atoms with Crippen molar-refractivity contribution < 1.29 is 23.1 Å². The van der Waals surface area contributed by atoms with Gasteiger partial charge in [0.15, 0.2) is 0 Å². The van der Waals surface area contributed by atoms with E-state index in [1.54, 1.807) is 0 Å². The predicted molar refractivity (Wildman–Crippen MR) is 70.7 cm³/mol. The smallest absolute Gasteiger partial charge is 0.417 e. The van der Waals surface area contributed by atoms with Gasteiger partial charge >= 0.3 is 12.1 Å². The van der Waals surface area contributed by atoms with Gasteiger partial charge < -0.3 is 10.4 Å². The van der Waals surface area contributed by atoms with Crippen LogP contribution in [0.4, 0.5) is 18.9 Å². The Hall–Kier alpha value is -2.23. The molecule has 1 rings (SSSR count). The molecule has 1 aromatic carbocycles. The lowest BCUT2D eigenvalue weighted by Crippen LogP contribution is -2.22. The molecule has 0 fully saturated rings. The van der Waals surface area contributed by atoms with E-state index in [9.17, 15) is 18.0 Å². The zero-order chi connectivity index (χ0) is 16.0. The summed E-state index contributed by atoms with van der Waals surface area (Å²) in [4.78, 5) is 11.0. The Labute approximate surface area is 120 Å². The Morgan fingerprint density at radius 2 is 2.14 bits per heavy atom. The Bertz CT molecular complexity index is 550. The molecule has 0 amide bonds. The number of nitrogens with one attached hydrogen (secondary N) is 1. The Kier molecular flexibility index (Phi) is 5.59. The summed E-state index contributed by atoms with van der Waals surface area (Å²) >= 11 is 0. The topological polar surface area (TPSA) is 73.1 Å². The lowest BCUT2D eigenvalue weighted by Gasteiger charge is -2.15. The second-order valence-electron chi connectivity index (χ2n) is 4.57. The van der Waals surface area contributed by atoms with E-state index >= 15 is 0 Å². The van der Waals surface area contributed by atoms with Crippen molar-refractivity contribution in [2.24, 2.45) is 5.92 Å². The van der Waals surface area contributed by atoms with Gasteiger partial charge in [-0.25, -0.2) is 0 Å². The van der Waals surface area contributed by atoms with Gasteiger partial charge in [0.05, 0.1) is 23.1 Å². The van der Waals surface area contributed by atoms with Crippen LogP contribution in [0.3, 0.4) is 0 Å². The summed E-state index contributed by atoms with van der Waals surface area (Å²) < 4.78 is 37.9. The first kappa shape index (κ1) is 16.8. The predicted octanol–water partition coefficient (Wildman–Crippen LogP) is 3.49. The molecule has 114 valence electrons. The summed E-state index contributed by atoms with van der Waals surface area (Å²) in [6.07, 6.45) is -3.43. The summed E-state index contributed by atoms with van der Waals surface area (Å²) in [7, 11) is 0. The number of halogens is 3. The molecule has 0 aromatic heterocycles. The van der Waals surface area contributed by atoms with Crippen molar-refractivity contribution in [3.63, 3.8) is 0 Å². The standard InChI is InChI=1S/C14H15F3N2O2/c1-2-3-9(13(20)21)8-19-11-4-5-12(14(15,16)17)10(6-11)7-18/h4-6,9,19H,2-3,8H2,1H3,(H,20,21). The summed E-state index contributed by atoms with van der Waals surface area (Å²) in [6.45, 7) is 1.95. The van der Waals surface area contributed by atoms with Crippen molar-refractivity contribution in [2.45, 2.75) is 25.9 Å². The van der Waals surface area contributed by atoms with E-state index in [4.69, 9.17) is 10.4 Å². The SMILES string of the molecule is CCCC(CNc1ccc(C(F)(F)F)c(C#N)c1)C(=O)O. The van der Waals surface area contributed by atoms with Crippen molar-refractivity contribution in [2.75, 3.05) is 11.9 Å². The maximum Gasteiger partial charge on any atom is 0.417 e. The second-order valence-corrected chi connectivity index (χ2v) is 4.57. The molecular formula is C14H15F3N2O2. The number of benzene rings is 1. The maximum atomic E-state index is 12.6. The van der Waals surface area contributed by atoms with Crippen molar-refractivity contribution >= 4 is 11.7 Å². The van der Waals surface area contributed by atoms with E-state index in [-0.39, 0.29) is 6.54 Å². The molecule has 2 N–H and O–H groups in total. The van der Waals surface area contributed by atoms with E-state index < -0.39 is 29.2 Å². The summed E-state index contributed by atoms with van der Waals surface area (Å²) in [5.41, 5.74) is -1.20. The molecular weight excluding hydrogens is 285 g/mol. The van der Waals surface area contributed by atoms with Crippen LogP contribution in [0, 0.1) is 17.2 Å². The molecule has 7 heteroatoms. The fourth-order valence-corrected chi connectivity index (χ4v) is 1.90. The number of carboxylic acid groups (broad SMARTS) is 1. The molecule has 0 aliphatic heterocycles. The largest absolute Gasteiger partial charge is 0.481 e. The minimum Gasteiger partial charge on any atom is -0.481 e. The van der Waals surface area contributed by atoms with Gasteiger partial charge in [0.2, 0.25) is 0 Å². The number of hydrogen-bond acceptors (Lipinski definition) is 3. The molecule has 4 nitrogen and oxygen atoms in total. The number of nitrogens with zero attached hydrogens (tertiary/aromatic N) is 1. The van der Waals surface area contributed by atoms with Crippen LogP contribution in [0.15, 0.2) is 18.2 Å². The quantitative estimate of drug-likeness (QED) is 0.843. The van der Waals surface area contributed by atoms with Gasteiger partial charge in [-0.3, -0.25) is 4.79 Å². The van der Waals surface area contributed by atoms with Crippen LogP contribution in [0.1, 0.15) is 30.9 Å². The lowest BCUT2D eigenvalue weighted by atomic mass is 10.0. The van der Waals surface area contributed by atoms with Crippen LogP contribution in [0.25, 0.3) is 0 Å². The molecule has 0 bridgehead atoms. The van der Waals surface area contributed by atoms with Crippen molar-refractivity contribution in [3.05, 3.63) is 29.3 Å². The van der Waals surface area contributed by atoms with Crippen LogP contribution in [0.5, 0.6) is 0 Å². The average molecular weight is 300 g/mol. The van der Waals surface area contributed by atoms with Gasteiger partial charge in [-0.05, 0) is 24.6 Å². The number of hydrogen-bond donors (Lipinski definition) is 2. The van der Waals surface area contributed by atoms with Crippen molar-refractivity contribution in [1.82, 2.24) is 0 Å². The molecule has 0 aliphatic carbocycles. The zero-order valence-corrected chi connectivity index (χ0v) is 11.4. The minimum absolute atomic E-state index is 0.0966. The third-order valence-corrected chi connectivity index (χ3v) is 2.98. The summed E-state index contributed by atoms with van der Waals surface area (Å²) in [6, 6.07) is 4.58. The van der Waals surface area contributed by atoms with Crippen LogP contribution in [-0.4, -0.2) is 17.6 Å². The summed E-state index contributed by atoms with van der Waals surface area (Å²) in [5, 5.41) is 20.5. The van der Waals surface area contributed by atoms with Crippen LogP contribution >= 0.6 is 0 Å². The highest BCUT2D eigenvalue weighted by molar-refractivity contribution is 5.71. The molecule has 21 heavy (non-hydrogen) atoms. The van der Waals surface area contributed by atoms with E-state index in [1.807, 2.05) is 6.92 Å². The van der Waals surface area contributed by atoms with Gasteiger partial charge in [0, 0.05) is 12.2 Å². The number of carboxylic acids is 1. The van der Waals surface area contributed by atoms with Gasteiger partial charge in [-0.1, -0.05) is 13.3 Å². The number of nitriles is 1. The Balaban J connectivity index is 2.87. The fourth-order valence-electron chi connectivity index (χ4n) is 1.90. The lowest BCUT2D eigenvalue weighted by molar-refractivity contribution is -0.141. The minimum atomic E-state index is -4.59. The van der Waals surface area contributed by atoms with E-state index in [2.05, 4.69) is 5.32 Å². The van der Waals surface area contributed by atoms with Gasteiger partial charge in [-0.15, -0.1) is 0 Å². The Morgan fingerprint density at radius 3 is 2.62 bits per heavy atom. The van der Waals surface area contributed by atoms with E-state index in [1.165, 1.54) is 12.1 Å². The van der Waals surface area contributed by atoms with Crippen LogP contribution in [0.2, 0.25) is 0 Å². The molecule has 1 unspecified atom stereocenters. The highest BCUT2D eigenvalue weighted by atomic mass is 19.4. The first-order valence-corrected chi connectivity index (χ1v) is 6.37. The van der Waals surface area contributed by atoms with E-state index in [0.29, 0.717) is 18.5 Å². The molecule has 0 saturated heterocycles. The number of anilines is 1. The molecule has 0 radical (unpaired) electrons. The first-order valence-electron chi connectivity index (χ1n) is 6.37. The van der Waals surface area contributed by atoms with Crippen molar-refractivity contribution in [1.29, 1.82) is 5.26 Å². The average Bonchev–Trinajstić information content (AvgIpc) is 2.41. The summed E-state index contributed by atoms with van der Waals surface area (Å²) in [5.74, 6) is -1.58. The van der Waals surface area contributed by atoms with E-state index in [0.717, 1.165) is 12.1 Å². The second kappa shape index (κ2) is 6.97. The van der Waals surface area contributed by atoms with Gasteiger partial charge in [-0.2, -0.15) is 18.4 Å². The molecule has 1 atom stereocenters. The third-order valence-electron chi connectivity index (χ3n) is 2.98. The monoisotopic (exact) mass is 300 g/mol. The van der Waals surface area contributed by atoms with Crippen LogP contribution < -0.4 is 5.32 Å². The fraction of sp³-hybridized carbons (Fsp3) is 0.429. The maximum absolute atomic E-state index is 12.6. The molecule has 0 aliphatic rings. The third kappa shape index (κ3) is 4.67. The number of aliphatic carboxylic acids is 1. The number of rotatable bonds is 6. The zero-order valence-electron chi connectivity index (χ0n) is 11.4. The normalized spacial score (nSPS) is 12.5. The van der Waals surface area contributed by atoms with Crippen LogP contribution in [-0.2, 0) is 11.0 Å². The van der Waals surface area contributed by atoms with Gasteiger partial charge in [0.25, 0.3) is 0 Å². The first-order chi connectivity index (χ1) is 9.79. The highest BCUT2D eigenvalue weighted by Crippen LogP contribution is 2.33. The molecule has 0 heterocycles. The number of carbonyl (C=O) groups is 1.